The van der Waals surface area contributed by atoms with Gasteiger partial charge in [-0.25, -0.2) is 5.43 Å². The zero-order valence-corrected chi connectivity index (χ0v) is 18.4. The minimum absolute atomic E-state index is 0.231. The molecule has 0 bridgehead atoms. The van der Waals surface area contributed by atoms with Gasteiger partial charge in [0.1, 0.15) is 12.4 Å². The molecule has 8 nitrogen and oxygen atoms in total. The molecule has 0 saturated heterocycles. The fourth-order valence-corrected chi connectivity index (χ4v) is 2.88. The molecule has 0 aliphatic rings. The van der Waals surface area contributed by atoms with Gasteiger partial charge in [0.15, 0.2) is 11.5 Å². The van der Waals surface area contributed by atoms with Gasteiger partial charge in [-0.15, -0.1) is 0 Å². The average Bonchev–Trinajstić information content (AvgIpc) is 2.86. The second-order valence-electron chi connectivity index (χ2n) is 6.89. The molecule has 0 unspecified atom stereocenters. The van der Waals surface area contributed by atoms with Crippen LogP contribution in [0, 0.1) is 0 Å². The van der Waals surface area contributed by atoms with Gasteiger partial charge in [0.25, 0.3) is 11.8 Å². The number of methoxy groups -OCH3 is 2. The number of nitrogens with one attached hydrogen (secondary N) is 2. The van der Waals surface area contributed by atoms with E-state index in [2.05, 4.69) is 15.8 Å². The Morgan fingerprint density at radius 1 is 0.909 bits per heavy atom. The van der Waals surface area contributed by atoms with E-state index in [9.17, 15) is 9.59 Å². The van der Waals surface area contributed by atoms with E-state index in [4.69, 9.17) is 14.2 Å². The molecule has 3 rings (SSSR count). The van der Waals surface area contributed by atoms with Crippen molar-refractivity contribution >= 4 is 18.0 Å². The minimum Gasteiger partial charge on any atom is -0.493 e. The SMILES string of the molecule is COc1ccc(C(=O)NCC(=O)N/N=C\c2cccc(OCc3ccccc3)c2)cc1OC. The largest absolute Gasteiger partial charge is 0.493 e. The zero-order valence-electron chi connectivity index (χ0n) is 18.4. The molecule has 0 aliphatic heterocycles. The molecule has 0 saturated carbocycles. The Labute approximate surface area is 192 Å². The van der Waals surface area contributed by atoms with Crippen molar-refractivity contribution in [2.24, 2.45) is 5.10 Å². The van der Waals surface area contributed by atoms with Crippen LogP contribution < -0.4 is 25.0 Å². The van der Waals surface area contributed by atoms with Crippen LogP contribution in [0.4, 0.5) is 0 Å². The fourth-order valence-electron chi connectivity index (χ4n) is 2.88. The van der Waals surface area contributed by atoms with E-state index in [0.717, 1.165) is 11.1 Å². The lowest BCUT2D eigenvalue weighted by molar-refractivity contribution is -0.120. The second-order valence-corrected chi connectivity index (χ2v) is 6.89. The molecule has 170 valence electrons. The van der Waals surface area contributed by atoms with E-state index >= 15 is 0 Å². The van der Waals surface area contributed by atoms with Gasteiger partial charge in [0, 0.05) is 5.56 Å². The van der Waals surface area contributed by atoms with Crippen molar-refractivity contribution in [1.29, 1.82) is 0 Å². The van der Waals surface area contributed by atoms with Crippen LogP contribution in [-0.2, 0) is 11.4 Å². The van der Waals surface area contributed by atoms with Crippen molar-refractivity contribution in [2.45, 2.75) is 6.61 Å². The summed E-state index contributed by atoms with van der Waals surface area (Å²) in [4.78, 5) is 24.3. The number of rotatable bonds is 10. The van der Waals surface area contributed by atoms with Crippen molar-refractivity contribution in [2.75, 3.05) is 20.8 Å². The van der Waals surface area contributed by atoms with Gasteiger partial charge >= 0.3 is 0 Å². The molecule has 0 fully saturated rings. The number of carbonyl (C=O) groups is 2. The van der Waals surface area contributed by atoms with Crippen LogP contribution in [0.15, 0.2) is 77.9 Å². The number of hydrogen-bond donors (Lipinski definition) is 2. The average molecular weight is 447 g/mol. The van der Waals surface area contributed by atoms with Gasteiger partial charge in [-0.3, -0.25) is 9.59 Å². The number of benzene rings is 3. The maximum Gasteiger partial charge on any atom is 0.259 e. The maximum atomic E-state index is 12.3. The lowest BCUT2D eigenvalue weighted by Crippen LogP contribution is -2.34. The Balaban J connectivity index is 1.46. The van der Waals surface area contributed by atoms with Gasteiger partial charge < -0.3 is 19.5 Å². The zero-order chi connectivity index (χ0) is 23.5. The summed E-state index contributed by atoms with van der Waals surface area (Å²) in [5.41, 5.74) is 4.56. The second kappa shape index (κ2) is 11.9. The van der Waals surface area contributed by atoms with E-state index in [1.54, 1.807) is 12.1 Å². The first-order chi connectivity index (χ1) is 16.1. The lowest BCUT2D eigenvalue weighted by Gasteiger charge is -2.09. The van der Waals surface area contributed by atoms with Gasteiger partial charge in [-0.1, -0.05) is 42.5 Å². The summed E-state index contributed by atoms with van der Waals surface area (Å²) in [7, 11) is 2.99. The van der Waals surface area contributed by atoms with Crippen molar-refractivity contribution < 1.29 is 23.8 Å². The van der Waals surface area contributed by atoms with Crippen molar-refractivity contribution in [3.8, 4) is 17.2 Å². The molecule has 33 heavy (non-hydrogen) atoms. The number of ether oxygens (including phenoxy) is 3. The molecule has 3 aromatic rings. The van der Waals surface area contributed by atoms with Crippen LogP contribution in [0.2, 0.25) is 0 Å². The van der Waals surface area contributed by atoms with Crippen LogP contribution in [0.5, 0.6) is 17.2 Å². The van der Waals surface area contributed by atoms with Crippen molar-refractivity contribution in [1.82, 2.24) is 10.7 Å². The summed E-state index contributed by atoms with van der Waals surface area (Å²) in [6, 6.07) is 21.9. The van der Waals surface area contributed by atoms with E-state index in [1.165, 1.54) is 26.5 Å². The molecular weight excluding hydrogens is 422 g/mol. The molecule has 2 N–H and O–H groups in total. The topological polar surface area (TPSA) is 98.2 Å². The molecule has 0 spiro atoms. The highest BCUT2D eigenvalue weighted by atomic mass is 16.5. The third kappa shape index (κ3) is 7.10. The highest BCUT2D eigenvalue weighted by Crippen LogP contribution is 2.27. The first-order valence-corrected chi connectivity index (χ1v) is 10.2. The van der Waals surface area contributed by atoms with Crippen LogP contribution >= 0.6 is 0 Å². The van der Waals surface area contributed by atoms with Gasteiger partial charge in [-0.2, -0.15) is 5.10 Å². The van der Waals surface area contributed by atoms with Crippen LogP contribution in [0.3, 0.4) is 0 Å². The lowest BCUT2D eigenvalue weighted by atomic mass is 10.2. The van der Waals surface area contributed by atoms with Crippen LogP contribution in [0.1, 0.15) is 21.5 Å². The third-order valence-electron chi connectivity index (χ3n) is 4.56. The maximum absolute atomic E-state index is 12.3. The summed E-state index contributed by atoms with van der Waals surface area (Å²) >= 11 is 0. The molecule has 0 heterocycles. The first-order valence-electron chi connectivity index (χ1n) is 10.2. The summed E-state index contributed by atoms with van der Waals surface area (Å²) in [5.74, 6) is 0.746. The Hall–Kier alpha value is -4.33. The van der Waals surface area contributed by atoms with E-state index in [0.29, 0.717) is 29.4 Å². The van der Waals surface area contributed by atoms with Crippen LogP contribution in [-0.4, -0.2) is 38.8 Å². The molecule has 0 atom stereocenters. The molecule has 2 amide bonds. The number of hydrogen-bond acceptors (Lipinski definition) is 6. The smallest absolute Gasteiger partial charge is 0.259 e. The molecule has 0 aromatic heterocycles. The number of carbonyl (C=O) groups excluding carboxylic acids is 2. The highest BCUT2D eigenvalue weighted by Gasteiger charge is 2.11. The van der Waals surface area contributed by atoms with E-state index in [-0.39, 0.29) is 6.54 Å². The fraction of sp³-hybridized carbons (Fsp3) is 0.160. The number of amides is 2. The molecular formula is C25H25N3O5. The quantitative estimate of drug-likeness (QED) is 0.368. The summed E-state index contributed by atoms with van der Waals surface area (Å²) in [5, 5.41) is 6.47. The summed E-state index contributed by atoms with van der Waals surface area (Å²) < 4.78 is 16.1. The molecule has 3 aromatic carbocycles. The minimum atomic E-state index is -0.462. The number of nitrogens with zero attached hydrogens (tertiary/aromatic N) is 1. The van der Waals surface area contributed by atoms with E-state index < -0.39 is 11.8 Å². The predicted molar refractivity (Wildman–Crippen MR) is 125 cm³/mol. The summed E-state index contributed by atoms with van der Waals surface area (Å²) in [6.45, 7) is 0.225. The van der Waals surface area contributed by atoms with Gasteiger partial charge in [0.05, 0.1) is 27.0 Å². The monoisotopic (exact) mass is 447 g/mol. The van der Waals surface area contributed by atoms with Crippen molar-refractivity contribution in [3.05, 3.63) is 89.5 Å². The Kier molecular flexibility index (Phi) is 8.41. The standard InChI is InChI=1S/C25H25N3O5/c1-31-22-12-11-20(14-23(22)32-2)25(30)26-16-24(29)28-27-15-19-9-6-10-21(13-19)33-17-18-7-4-3-5-8-18/h3-15H,16-17H2,1-2H3,(H,26,30)(H,28,29)/b27-15-. The van der Waals surface area contributed by atoms with Crippen molar-refractivity contribution in [3.63, 3.8) is 0 Å². The van der Waals surface area contributed by atoms with Gasteiger partial charge in [0.2, 0.25) is 0 Å². The van der Waals surface area contributed by atoms with E-state index in [1.807, 2.05) is 54.6 Å². The molecule has 8 heteroatoms. The van der Waals surface area contributed by atoms with Crippen LogP contribution in [0.25, 0.3) is 0 Å². The van der Waals surface area contributed by atoms with Gasteiger partial charge in [-0.05, 0) is 41.5 Å². The predicted octanol–water partition coefficient (Wildman–Crippen LogP) is 3.16. The Morgan fingerprint density at radius 2 is 1.70 bits per heavy atom. The summed E-state index contributed by atoms with van der Waals surface area (Å²) in [6.07, 6.45) is 1.50. The first kappa shape index (κ1) is 23.3. The normalized spacial score (nSPS) is 10.5. The molecule has 0 radical (unpaired) electrons. The Morgan fingerprint density at radius 3 is 2.45 bits per heavy atom. The third-order valence-corrected chi connectivity index (χ3v) is 4.56. The molecule has 0 aliphatic carbocycles. The highest BCUT2D eigenvalue weighted by molar-refractivity contribution is 5.97. The Bertz CT molecular complexity index is 1120. The number of hydrazone groups is 1.